The molecule has 102 valence electrons. The van der Waals surface area contributed by atoms with Crippen molar-refractivity contribution in [1.82, 2.24) is 9.80 Å². The van der Waals surface area contributed by atoms with Crippen LogP contribution in [0.5, 0.6) is 0 Å². The Morgan fingerprint density at radius 3 is 2.68 bits per heavy atom. The van der Waals surface area contributed by atoms with Gasteiger partial charge in [-0.1, -0.05) is 6.07 Å². The molecule has 0 atom stereocenters. The molecular formula is C15H20FN3. The second-order valence-electron chi connectivity index (χ2n) is 5.37. The van der Waals surface area contributed by atoms with E-state index in [0.29, 0.717) is 23.7 Å². The smallest absolute Gasteiger partial charge is 0.129 e. The maximum Gasteiger partial charge on any atom is 0.129 e. The monoisotopic (exact) mass is 261 g/mol. The fraction of sp³-hybridized carbons (Fsp3) is 0.533. The summed E-state index contributed by atoms with van der Waals surface area (Å²) in [6, 6.07) is 7.20. The highest BCUT2D eigenvalue weighted by Crippen LogP contribution is 2.18. The van der Waals surface area contributed by atoms with Crippen molar-refractivity contribution in [3.8, 4) is 6.07 Å². The van der Waals surface area contributed by atoms with Crippen LogP contribution in [0.3, 0.4) is 0 Å². The van der Waals surface area contributed by atoms with E-state index in [9.17, 15) is 4.39 Å². The van der Waals surface area contributed by atoms with Crippen LogP contribution in [-0.4, -0.2) is 43.0 Å². The van der Waals surface area contributed by atoms with Crippen LogP contribution in [0.1, 0.15) is 24.0 Å². The zero-order valence-electron chi connectivity index (χ0n) is 11.6. The van der Waals surface area contributed by atoms with E-state index in [-0.39, 0.29) is 5.82 Å². The maximum atomic E-state index is 13.8. The zero-order chi connectivity index (χ0) is 13.8. The Morgan fingerprint density at radius 2 is 2.11 bits per heavy atom. The number of nitriles is 1. The van der Waals surface area contributed by atoms with Crippen LogP contribution in [0, 0.1) is 17.1 Å². The van der Waals surface area contributed by atoms with Crippen molar-refractivity contribution >= 4 is 0 Å². The second kappa shape index (κ2) is 6.14. The lowest BCUT2D eigenvalue weighted by Gasteiger charge is -2.35. The summed E-state index contributed by atoms with van der Waals surface area (Å²) in [5.74, 6) is -0.279. The Morgan fingerprint density at radius 1 is 1.42 bits per heavy atom. The van der Waals surface area contributed by atoms with Crippen LogP contribution in [0.2, 0.25) is 0 Å². The number of likely N-dealkylation sites (tertiary alicyclic amines) is 1. The van der Waals surface area contributed by atoms with Crippen molar-refractivity contribution in [1.29, 1.82) is 5.26 Å². The summed E-state index contributed by atoms with van der Waals surface area (Å²) in [6.07, 6.45) is 2.26. The molecule has 0 aliphatic carbocycles. The quantitative estimate of drug-likeness (QED) is 0.836. The first-order chi connectivity index (χ1) is 9.10. The number of hydrogen-bond acceptors (Lipinski definition) is 3. The first-order valence-electron chi connectivity index (χ1n) is 6.67. The summed E-state index contributed by atoms with van der Waals surface area (Å²) < 4.78 is 13.8. The van der Waals surface area contributed by atoms with Gasteiger partial charge in [-0.05, 0) is 52.2 Å². The van der Waals surface area contributed by atoms with Crippen molar-refractivity contribution in [2.45, 2.75) is 25.4 Å². The number of piperidine rings is 1. The highest BCUT2D eigenvalue weighted by atomic mass is 19.1. The Balaban J connectivity index is 1.99. The van der Waals surface area contributed by atoms with Gasteiger partial charge in [-0.15, -0.1) is 0 Å². The van der Waals surface area contributed by atoms with Gasteiger partial charge in [0.1, 0.15) is 5.82 Å². The largest absolute Gasteiger partial charge is 0.306 e. The van der Waals surface area contributed by atoms with Crippen LogP contribution in [0.4, 0.5) is 4.39 Å². The Hall–Kier alpha value is -1.44. The molecule has 2 rings (SSSR count). The van der Waals surface area contributed by atoms with Gasteiger partial charge in [0.05, 0.1) is 11.6 Å². The average molecular weight is 261 g/mol. The van der Waals surface area contributed by atoms with Crippen LogP contribution in [-0.2, 0) is 6.54 Å². The third-order valence-electron chi connectivity index (χ3n) is 3.91. The summed E-state index contributed by atoms with van der Waals surface area (Å²) in [7, 11) is 4.18. The topological polar surface area (TPSA) is 30.3 Å². The third kappa shape index (κ3) is 3.52. The Bertz CT molecular complexity index is 473. The van der Waals surface area contributed by atoms with Crippen molar-refractivity contribution < 1.29 is 4.39 Å². The van der Waals surface area contributed by atoms with Gasteiger partial charge in [0, 0.05) is 18.2 Å². The molecule has 0 spiro atoms. The molecule has 1 fully saturated rings. The average Bonchev–Trinajstić information content (AvgIpc) is 2.41. The Kier molecular flexibility index (Phi) is 4.52. The van der Waals surface area contributed by atoms with Crippen LogP contribution >= 0.6 is 0 Å². The molecule has 1 saturated heterocycles. The first kappa shape index (κ1) is 14.0. The summed E-state index contributed by atoms with van der Waals surface area (Å²) >= 11 is 0. The van der Waals surface area contributed by atoms with Gasteiger partial charge in [-0.3, -0.25) is 4.90 Å². The number of rotatable bonds is 3. The zero-order valence-corrected chi connectivity index (χ0v) is 11.6. The van der Waals surface area contributed by atoms with Gasteiger partial charge in [-0.25, -0.2) is 4.39 Å². The predicted molar refractivity (Wildman–Crippen MR) is 73.1 cm³/mol. The molecule has 1 heterocycles. The number of benzene rings is 1. The number of halogens is 1. The molecule has 0 saturated carbocycles. The minimum Gasteiger partial charge on any atom is -0.306 e. The molecule has 0 amide bonds. The van der Waals surface area contributed by atoms with Crippen LogP contribution in [0.15, 0.2) is 18.2 Å². The molecule has 1 aromatic rings. The lowest BCUT2D eigenvalue weighted by molar-refractivity contribution is 0.138. The fourth-order valence-corrected chi connectivity index (χ4v) is 2.58. The van der Waals surface area contributed by atoms with Crippen molar-refractivity contribution in [3.05, 3.63) is 35.1 Å². The van der Waals surface area contributed by atoms with Gasteiger partial charge in [0.2, 0.25) is 0 Å². The molecule has 0 aromatic heterocycles. The molecule has 1 aromatic carbocycles. The van der Waals surface area contributed by atoms with E-state index in [2.05, 4.69) is 16.8 Å². The van der Waals surface area contributed by atoms with E-state index in [1.807, 2.05) is 13.1 Å². The molecule has 4 heteroatoms. The number of nitrogens with zero attached hydrogens (tertiary/aromatic N) is 3. The molecule has 3 nitrogen and oxygen atoms in total. The van der Waals surface area contributed by atoms with Gasteiger partial charge < -0.3 is 4.90 Å². The summed E-state index contributed by atoms with van der Waals surface area (Å²) in [5.41, 5.74) is 1.05. The summed E-state index contributed by atoms with van der Waals surface area (Å²) in [4.78, 5) is 4.55. The minimum absolute atomic E-state index is 0.279. The van der Waals surface area contributed by atoms with Gasteiger partial charge in [0.25, 0.3) is 0 Å². The molecule has 19 heavy (non-hydrogen) atoms. The standard InChI is InChI=1S/C15H20FN3/c1-18-7-5-14(6-8-18)19(2)11-13-4-3-12(10-17)9-15(13)16/h3-4,9,14H,5-8,11H2,1-2H3. The van der Waals surface area contributed by atoms with E-state index in [4.69, 9.17) is 5.26 Å². The normalized spacial score (nSPS) is 17.6. The molecular weight excluding hydrogens is 241 g/mol. The molecule has 0 N–H and O–H groups in total. The van der Waals surface area contributed by atoms with E-state index in [1.165, 1.54) is 6.07 Å². The van der Waals surface area contributed by atoms with Gasteiger partial charge in [-0.2, -0.15) is 5.26 Å². The Labute approximate surface area is 114 Å². The number of hydrogen-bond donors (Lipinski definition) is 0. The highest BCUT2D eigenvalue weighted by Gasteiger charge is 2.21. The van der Waals surface area contributed by atoms with E-state index >= 15 is 0 Å². The highest BCUT2D eigenvalue weighted by molar-refractivity contribution is 5.32. The lowest BCUT2D eigenvalue weighted by Crippen LogP contribution is -2.41. The van der Waals surface area contributed by atoms with E-state index in [0.717, 1.165) is 25.9 Å². The second-order valence-corrected chi connectivity index (χ2v) is 5.37. The minimum atomic E-state index is -0.279. The van der Waals surface area contributed by atoms with Crippen molar-refractivity contribution in [2.75, 3.05) is 27.2 Å². The summed E-state index contributed by atoms with van der Waals surface area (Å²) in [6.45, 7) is 2.81. The van der Waals surface area contributed by atoms with E-state index in [1.54, 1.807) is 12.1 Å². The van der Waals surface area contributed by atoms with Gasteiger partial charge >= 0.3 is 0 Å². The van der Waals surface area contributed by atoms with Crippen molar-refractivity contribution in [3.63, 3.8) is 0 Å². The van der Waals surface area contributed by atoms with Crippen LogP contribution in [0.25, 0.3) is 0 Å². The predicted octanol–water partition coefficient (Wildman–Crippen LogP) is 2.22. The first-order valence-corrected chi connectivity index (χ1v) is 6.67. The lowest BCUT2D eigenvalue weighted by atomic mass is 10.0. The molecule has 0 bridgehead atoms. The van der Waals surface area contributed by atoms with Gasteiger partial charge in [0.15, 0.2) is 0 Å². The fourth-order valence-electron chi connectivity index (χ4n) is 2.58. The van der Waals surface area contributed by atoms with Crippen molar-refractivity contribution in [2.24, 2.45) is 0 Å². The molecule has 1 aliphatic heterocycles. The van der Waals surface area contributed by atoms with Crippen LogP contribution < -0.4 is 0 Å². The SMILES string of the molecule is CN1CCC(N(C)Cc2ccc(C#N)cc2F)CC1. The molecule has 0 unspecified atom stereocenters. The molecule has 0 radical (unpaired) electrons. The summed E-state index contributed by atoms with van der Waals surface area (Å²) in [5, 5.41) is 8.73. The van der Waals surface area contributed by atoms with E-state index < -0.39 is 0 Å². The maximum absolute atomic E-state index is 13.8. The third-order valence-corrected chi connectivity index (χ3v) is 3.91. The molecule has 1 aliphatic rings.